The molecule has 1 aromatic rings. The van der Waals surface area contributed by atoms with Crippen LogP contribution in [0.2, 0.25) is 0 Å². The molecule has 28 heavy (non-hydrogen) atoms. The second-order valence-corrected chi connectivity index (χ2v) is 10.8. The molecule has 0 spiro atoms. The first-order valence-corrected chi connectivity index (χ1v) is 12.1. The lowest BCUT2D eigenvalue weighted by molar-refractivity contribution is -0.123. The van der Waals surface area contributed by atoms with Crippen molar-refractivity contribution in [3.05, 3.63) is 17.6 Å². The maximum absolute atomic E-state index is 12.7. The predicted molar refractivity (Wildman–Crippen MR) is 110 cm³/mol. The Hall–Kier alpha value is -1.50. The Morgan fingerprint density at radius 1 is 1.21 bits per heavy atom. The number of aromatic nitrogens is 2. The molecule has 158 valence electrons. The van der Waals surface area contributed by atoms with Gasteiger partial charge in [0.25, 0.3) is 0 Å². The fraction of sp³-hybridized carbons (Fsp3) is 0.762. The van der Waals surface area contributed by atoms with Crippen LogP contribution >= 0.6 is 0 Å². The minimum atomic E-state index is -3.02. The predicted octanol–water partition coefficient (Wildman–Crippen LogP) is 3.71. The summed E-state index contributed by atoms with van der Waals surface area (Å²) < 4.78 is 29.9. The number of rotatable bonds is 10. The summed E-state index contributed by atoms with van der Waals surface area (Å²) in [5.41, 5.74) is 0.798. The number of carbonyl (C=O) groups excluding carboxylic acids is 1. The number of ether oxygens (including phenoxy) is 1. The van der Waals surface area contributed by atoms with Crippen molar-refractivity contribution >= 4 is 15.6 Å². The number of nitrogens with zero attached hydrogens (tertiary/aromatic N) is 2. The monoisotopic (exact) mass is 410 g/mol. The molecule has 1 aliphatic carbocycles. The molecule has 0 N–H and O–H groups in total. The van der Waals surface area contributed by atoms with Gasteiger partial charge in [-0.2, -0.15) is 4.98 Å². The maximum atomic E-state index is 12.7. The summed E-state index contributed by atoms with van der Waals surface area (Å²) in [4.78, 5) is 21.5. The summed E-state index contributed by atoms with van der Waals surface area (Å²) in [6.07, 6.45) is 5.32. The molecule has 7 heteroatoms. The number of carbonyl (C=O) groups is 1. The number of hydrogen-bond acceptors (Lipinski definition) is 6. The van der Waals surface area contributed by atoms with E-state index in [2.05, 4.69) is 16.9 Å². The van der Waals surface area contributed by atoms with Crippen molar-refractivity contribution in [3.8, 4) is 5.88 Å². The van der Waals surface area contributed by atoms with Crippen LogP contribution in [0, 0.1) is 18.8 Å². The highest BCUT2D eigenvalue weighted by molar-refractivity contribution is 7.91. The molecule has 1 heterocycles. The molecule has 0 saturated heterocycles. The van der Waals surface area contributed by atoms with E-state index in [9.17, 15) is 13.2 Å². The molecule has 0 unspecified atom stereocenters. The summed E-state index contributed by atoms with van der Waals surface area (Å²) in [5, 5.41) is -0.334. The average molecular weight is 411 g/mol. The topological polar surface area (TPSA) is 86.2 Å². The molecule has 6 nitrogen and oxygen atoms in total. The molecule has 2 rings (SSSR count). The van der Waals surface area contributed by atoms with Gasteiger partial charge in [0.15, 0.2) is 9.84 Å². The van der Waals surface area contributed by atoms with Gasteiger partial charge < -0.3 is 4.74 Å². The minimum absolute atomic E-state index is 0.0217. The van der Waals surface area contributed by atoms with Crippen molar-refractivity contribution in [2.45, 2.75) is 77.9 Å². The normalized spacial score (nSPS) is 20.3. The first-order valence-electron chi connectivity index (χ1n) is 10.4. The van der Waals surface area contributed by atoms with E-state index in [0.29, 0.717) is 18.3 Å². The first kappa shape index (κ1) is 22.8. The highest BCUT2D eigenvalue weighted by Crippen LogP contribution is 2.31. The Morgan fingerprint density at radius 3 is 2.50 bits per heavy atom. The minimum Gasteiger partial charge on any atom is -0.478 e. The van der Waals surface area contributed by atoms with Gasteiger partial charge in [0, 0.05) is 17.7 Å². The lowest BCUT2D eigenvalue weighted by Gasteiger charge is -2.28. The Balaban J connectivity index is 1.89. The molecule has 0 aromatic carbocycles. The quantitative estimate of drug-likeness (QED) is 0.547. The molecule has 1 saturated carbocycles. The van der Waals surface area contributed by atoms with Gasteiger partial charge in [-0.05, 0) is 58.8 Å². The lowest BCUT2D eigenvalue weighted by atomic mass is 9.80. The van der Waals surface area contributed by atoms with Gasteiger partial charge in [0.1, 0.15) is 11.6 Å². The highest BCUT2D eigenvalue weighted by Gasteiger charge is 2.30. The standard InChI is InChI=1S/C21H34N2O4S/c1-5-6-11-27-21-12-16(4)22-20(23-21)13-19(24)18-9-7-17(8-10-18)14-28(25,26)15(2)3/h12,15,17-18H,5-11,13-14H2,1-4H3. The van der Waals surface area contributed by atoms with Gasteiger partial charge in [-0.3, -0.25) is 4.79 Å². The second kappa shape index (κ2) is 10.3. The van der Waals surface area contributed by atoms with E-state index < -0.39 is 9.84 Å². The second-order valence-electron chi connectivity index (χ2n) is 8.20. The zero-order chi connectivity index (χ0) is 20.7. The van der Waals surface area contributed by atoms with E-state index in [-0.39, 0.29) is 35.0 Å². The van der Waals surface area contributed by atoms with Crippen molar-refractivity contribution in [2.24, 2.45) is 11.8 Å². The van der Waals surface area contributed by atoms with Crippen LogP contribution < -0.4 is 4.74 Å². The highest BCUT2D eigenvalue weighted by atomic mass is 32.2. The van der Waals surface area contributed by atoms with Crippen molar-refractivity contribution in [3.63, 3.8) is 0 Å². The molecule has 1 aromatic heterocycles. The maximum Gasteiger partial charge on any atom is 0.216 e. The van der Waals surface area contributed by atoms with Crippen LogP contribution in [0.1, 0.15) is 70.8 Å². The van der Waals surface area contributed by atoms with E-state index in [0.717, 1.165) is 44.2 Å². The van der Waals surface area contributed by atoms with E-state index >= 15 is 0 Å². The van der Waals surface area contributed by atoms with Gasteiger partial charge in [-0.15, -0.1) is 0 Å². The number of Topliss-reactive ketones (excluding diaryl/α,β-unsaturated/α-hetero) is 1. The molecule has 0 aliphatic heterocycles. The Bertz CT molecular complexity index is 754. The van der Waals surface area contributed by atoms with Crippen molar-refractivity contribution in [1.82, 2.24) is 9.97 Å². The summed E-state index contributed by atoms with van der Waals surface area (Å²) in [7, 11) is -3.02. The third-order valence-corrected chi connectivity index (χ3v) is 7.82. The van der Waals surface area contributed by atoms with Crippen LogP contribution in [0.3, 0.4) is 0 Å². The van der Waals surface area contributed by atoms with Crippen LogP contribution in [0.5, 0.6) is 5.88 Å². The van der Waals surface area contributed by atoms with Gasteiger partial charge in [-0.25, -0.2) is 13.4 Å². The number of sulfone groups is 1. The number of aryl methyl sites for hydroxylation is 1. The summed E-state index contributed by atoms with van der Waals surface area (Å²) in [6.45, 7) is 8.05. The van der Waals surface area contributed by atoms with Crippen molar-refractivity contribution in [2.75, 3.05) is 12.4 Å². The average Bonchev–Trinajstić information content (AvgIpc) is 2.61. The van der Waals surface area contributed by atoms with Crippen LogP contribution in [0.4, 0.5) is 0 Å². The largest absolute Gasteiger partial charge is 0.478 e. The number of unbranched alkanes of at least 4 members (excludes halogenated alkanes) is 1. The van der Waals surface area contributed by atoms with Crippen LogP contribution in [-0.2, 0) is 21.1 Å². The fourth-order valence-electron chi connectivity index (χ4n) is 3.55. The Kier molecular flexibility index (Phi) is 8.40. The third kappa shape index (κ3) is 6.83. The van der Waals surface area contributed by atoms with Gasteiger partial charge in [0.05, 0.1) is 24.0 Å². The SMILES string of the molecule is CCCCOc1cc(C)nc(CC(=O)C2CCC(CS(=O)(=O)C(C)C)CC2)n1. The summed E-state index contributed by atoms with van der Waals surface area (Å²) in [6, 6.07) is 1.80. The van der Waals surface area contributed by atoms with E-state index in [1.165, 1.54) is 0 Å². The Morgan fingerprint density at radius 2 is 1.89 bits per heavy atom. The molecular weight excluding hydrogens is 376 g/mol. The van der Waals surface area contributed by atoms with E-state index in [4.69, 9.17) is 4.74 Å². The fourth-order valence-corrected chi connectivity index (χ4v) is 4.92. The molecule has 0 atom stereocenters. The van der Waals surface area contributed by atoms with Gasteiger partial charge in [0.2, 0.25) is 5.88 Å². The van der Waals surface area contributed by atoms with Gasteiger partial charge in [-0.1, -0.05) is 13.3 Å². The molecule has 0 amide bonds. The van der Waals surface area contributed by atoms with E-state index in [1.807, 2.05) is 6.92 Å². The lowest BCUT2D eigenvalue weighted by Crippen LogP contribution is -2.29. The third-order valence-electron chi connectivity index (χ3n) is 5.45. The molecular formula is C21H34N2O4S. The van der Waals surface area contributed by atoms with E-state index in [1.54, 1.807) is 19.9 Å². The van der Waals surface area contributed by atoms with Gasteiger partial charge >= 0.3 is 0 Å². The smallest absolute Gasteiger partial charge is 0.216 e. The molecule has 1 aliphatic rings. The molecule has 0 bridgehead atoms. The zero-order valence-corrected chi connectivity index (χ0v) is 18.4. The first-order chi connectivity index (χ1) is 13.2. The van der Waals surface area contributed by atoms with Crippen molar-refractivity contribution < 1.29 is 17.9 Å². The van der Waals surface area contributed by atoms with Crippen LogP contribution in [-0.4, -0.2) is 41.8 Å². The summed E-state index contributed by atoms with van der Waals surface area (Å²) in [5.74, 6) is 1.59. The molecule has 1 fully saturated rings. The molecule has 0 radical (unpaired) electrons. The van der Waals surface area contributed by atoms with Crippen LogP contribution in [0.25, 0.3) is 0 Å². The Labute approximate surface area is 169 Å². The number of hydrogen-bond donors (Lipinski definition) is 0. The van der Waals surface area contributed by atoms with Crippen molar-refractivity contribution in [1.29, 1.82) is 0 Å². The van der Waals surface area contributed by atoms with Crippen LogP contribution in [0.15, 0.2) is 6.07 Å². The zero-order valence-electron chi connectivity index (χ0n) is 17.6. The number of ketones is 1. The summed E-state index contributed by atoms with van der Waals surface area (Å²) >= 11 is 0.